The molecule has 16 heteroatoms. The van der Waals surface area contributed by atoms with Gasteiger partial charge in [-0.1, -0.05) is 6.07 Å². The number of nitro groups is 1. The lowest BCUT2D eigenvalue weighted by Gasteiger charge is -2.28. The van der Waals surface area contributed by atoms with E-state index in [0.717, 1.165) is 3.57 Å². The largest absolute Gasteiger partial charge is 0.493 e. The van der Waals surface area contributed by atoms with Crippen LogP contribution in [0.15, 0.2) is 71.0 Å². The number of carbonyl (C=O) groups is 2. The van der Waals surface area contributed by atoms with E-state index in [0.29, 0.717) is 52.0 Å². The van der Waals surface area contributed by atoms with E-state index in [4.69, 9.17) is 23.7 Å². The van der Waals surface area contributed by atoms with Gasteiger partial charge in [-0.15, -0.1) is 0 Å². The van der Waals surface area contributed by atoms with Crippen molar-refractivity contribution < 1.29 is 43.3 Å². The zero-order valence-corrected chi connectivity index (χ0v) is 28.6. The highest BCUT2D eigenvalue weighted by Gasteiger charge is 2.32. The van der Waals surface area contributed by atoms with Crippen molar-refractivity contribution in [1.29, 1.82) is 0 Å². The molecule has 2 amide bonds. The van der Waals surface area contributed by atoms with Gasteiger partial charge < -0.3 is 39.4 Å². The number of rotatable bonds is 15. The summed E-state index contributed by atoms with van der Waals surface area (Å²) in [6.45, 7) is 3.61. The lowest BCUT2D eigenvalue weighted by molar-refractivity contribution is -0.384. The van der Waals surface area contributed by atoms with Gasteiger partial charge in [-0.05, 0) is 84.0 Å². The highest BCUT2D eigenvalue weighted by Crippen LogP contribution is 2.35. The molecular formula is C32H34IN5O10. The second kappa shape index (κ2) is 16.6. The minimum absolute atomic E-state index is 0.0212. The Morgan fingerprint density at radius 2 is 1.85 bits per heavy atom. The molecule has 2 atom stereocenters. The maximum Gasteiger partial charge on any atom is 0.337 e. The Morgan fingerprint density at radius 1 is 1.10 bits per heavy atom. The second-order valence-corrected chi connectivity index (χ2v) is 11.4. The number of aliphatic hydroxyl groups excluding tert-OH is 1. The fourth-order valence-electron chi connectivity index (χ4n) is 4.68. The van der Waals surface area contributed by atoms with Gasteiger partial charge in [0.25, 0.3) is 5.69 Å². The number of methoxy groups -OCH3 is 2. The number of hydrazone groups is 1. The van der Waals surface area contributed by atoms with E-state index in [1.807, 2.05) is 6.07 Å². The molecule has 0 aromatic heterocycles. The quantitative estimate of drug-likeness (QED) is 0.0430. The van der Waals surface area contributed by atoms with E-state index in [2.05, 4.69) is 43.8 Å². The van der Waals surface area contributed by atoms with Crippen LogP contribution < -0.4 is 35.0 Å². The van der Waals surface area contributed by atoms with Crippen molar-refractivity contribution in [3.05, 3.63) is 96.2 Å². The molecule has 0 fully saturated rings. The number of carbonyl (C=O) groups excluding carboxylic acids is 2. The summed E-state index contributed by atoms with van der Waals surface area (Å²) in [5.41, 5.74) is 5.03. The van der Waals surface area contributed by atoms with Gasteiger partial charge in [0.05, 0.1) is 43.6 Å². The summed E-state index contributed by atoms with van der Waals surface area (Å²) < 4.78 is 28.9. The SMILES string of the molecule is CCOc1cc([C@H]2NC(=O)NC(C)=C2C(=O)OC)ccc1OC[C@@H](O)N/N=C/c1cc(I)cc(OC)c1OCc1ccc([N+](=O)[O-])cc1. The Bertz CT molecular complexity index is 1710. The monoisotopic (exact) mass is 775 g/mol. The van der Waals surface area contributed by atoms with E-state index >= 15 is 0 Å². The number of esters is 1. The molecule has 0 radical (unpaired) electrons. The van der Waals surface area contributed by atoms with Crippen LogP contribution in [0.4, 0.5) is 10.5 Å². The fourth-order valence-corrected chi connectivity index (χ4v) is 5.29. The first-order valence-corrected chi connectivity index (χ1v) is 15.6. The predicted molar refractivity (Wildman–Crippen MR) is 182 cm³/mol. The molecule has 254 valence electrons. The molecule has 48 heavy (non-hydrogen) atoms. The van der Waals surface area contributed by atoms with E-state index in [-0.39, 0.29) is 24.5 Å². The molecule has 0 unspecified atom stereocenters. The number of nitrogens with zero attached hydrogens (tertiary/aromatic N) is 2. The Balaban J connectivity index is 1.44. The smallest absolute Gasteiger partial charge is 0.337 e. The lowest BCUT2D eigenvalue weighted by atomic mass is 9.95. The van der Waals surface area contributed by atoms with Crippen molar-refractivity contribution in [2.75, 3.05) is 27.4 Å². The van der Waals surface area contributed by atoms with Gasteiger partial charge in [0.1, 0.15) is 13.2 Å². The normalized spacial score (nSPS) is 14.9. The van der Waals surface area contributed by atoms with E-state index in [1.54, 1.807) is 50.2 Å². The Labute approximate surface area is 289 Å². The number of ether oxygens (including phenoxy) is 5. The van der Waals surface area contributed by atoms with E-state index in [1.165, 1.54) is 32.6 Å². The summed E-state index contributed by atoms with van der Waals surface area (Å²) in [6.07, 6.45) is 0.228. The van der Waals surface area contributed by atoms with Crippen molar-refractivity contribution in [2.45, 2.75) is 32.7 Å². The number of allylic oxidation sites excluding steroid dienone is 1. The van der Waals surface area contributed by atoms with E-state index in [9.17, 15) is 24.8 Å². The van der Waals surface area contributed by atoms with Gasteiger partial charge in [0.15, 0.2) is 29.2 Å². The van der Waals surface area contributed by atoms with Gasteiger partial charge in [-0.25, -0.2) is 9.59 Å². The number of aliphatic hydroxyl groups is 1. The van der Waals surface area contributed by atoms with Crippen LogP contribution in [-0.2, 0) is 16.1 Å². The number of halogens is 1. The average molecular weight is 776 g/mol. The molecule has 15 nitrogen and oxygen atoms in total. The van der Waals surface area contributed by atoms with Gasteiger partial charge >= 0.3 is 12.0 Å². The minimum atomic E-state index is -1.23. The highest BCUT2D eigenvalue weighted by atomic mass is 127. The maximum absolute atomic E-state index is 12.5. The van der Waals surface area contributed by atoms with Crippen LogP contribution in [0.25, 0.3) is 0 Å². The summed E-state index contributed by atoms with van der Waals surface area (Å²) in [5.74, 6) is 0.898. The number of hydrogen-bond acceptors (Lipinski definition) is 12. The predicted octanol–water partition coefficient (Wildman–Crippen LogP) is 4.31. The molecule has 4 N–H and O–H groups in total. The highest BCUT2D eigenvalue weighted by molar-refractivity contribution is 14.1. The summed E-state index contributed by atoms with van der Waals surface area (Å²) >= 11 is 2.13. The Hall–Kier alpha value is -5.10. The first-order chi connectivity index (χ1) is 23.0. The minimum Gasteiger partial charge on any atom is -0.493 e. The molecule has 1 aliphatic heterocycles. The number of non-ortho nitro benzene ring substituents is 1. The third kappa shape index (κ3) is 9.03. The lowest BCUT2D eigenvalue weighted by Crippen LogP contribution is -2.45. The third-order valence-corrected chi connectivity index (χ3v) is 7.52. The molecule has 0 aliphatic carbocycles. The van der Waals surface area contributed by atoms with Crippen molar-refractivity contribution >= 4 is 46.5 Å². The first-order valence-electron chi connectivity index (χ1n) is 14.5. The number of hydrogen-bond donors (Lipinski definition) is 4. The summed E-state index contributed by atoms with van der Waals surface area (Å²) in [5, 5.41) is 31.0. The van der Waals surface area contributed by atoms with Crippen molar-refractivity contribution in [3.63, 3.8) is 0 Å². The number of urea groups is 1. The van der Waals surface area contributed by atoms with Crippen LogP contribution in [0.1, 0.15) is 36.6 Å². The molecule has 3 aromatic carbocycles. The number of nitro benzene ring substituents is 1. The summed E-state index contributed by atoms with van der Waals surface area (Å²) in [7, 11) is 2.77. The molecule has 0 saturated carbocycles. The Morgan fingerprint density at radius 3 is 2.52 bits per heavy atom. The van der Waals surface area contributed by atoms with Gasteiger partial charge in [-0.3, -0.25) is 15.5 Å². The molecule has 1 aliphatic rings. The van der Waals surface area contributed by atoms with Gasteiger partial charge in [-0.2, -0.15) is 5.10 Å². The molecule has 0 bridgehead atoms. The molecule has 3 aromatic rings. The summed E-state index contributed by atoms with van der Waals surface area (Å²) in [4.78, 5) is 35.2. The van der Waals surface area contributed by atoms with Crippen LogP contribution in [0.5, 0.6) is 23.0 Å². The number of benzene rings is 3. The number of amides is 2. The fraction of sp³-hybridized carbons (Fsp3) is 0.281. The molecule has 4 rings (SSSR count). The molecule has 1 heterocycles. The van der Waals surface area contributed by atoms with Crippen LogP contribution in [-0.4, -0.2) is 61.9 Å². The van der Waals surface area contributed by atoms with Crippen molar-refractivity contribution in [1.82, 2.24) is 16.1 Å². The van der Waals surface area contributed by atoms with Gasteiger partial charge in [0.2, 0.25) is 0 Å². The van der Waals surface area contributed by atoms with Crippen LogP contribution in [0.2, 0.25) is 0 Å². The van der Waals surface area contributed by atoms with Crippen LogP contribution in [0.3, 0.4) is 0 Å². The molecular weight excluding hydrogens is 741 g/mol. The van der Waals surface area contributed by atoms with Crippen molar-refractivity contribution in [3.8, 4) is 23.0 Å². The van der Waals surface area contributed by atoms with Crippen LogP contribution >= 0.6 is 22.6 Å². The molecule has 0 spiro atoms. The van der Waals surface area contributed by atoms with E-state index < -0.39 is 29.2 Å². The maximum atomic E-state index is 12.5. The zero-order chi connectivity index (χ0) is 34.8. The average Bonchev–Trinajstić information content (AvgIpc) is 3.06. The summed E-state index contributed by atoms with van der Waals surface area (Å²) in [6, 6.07) is 13.3. The number of nitrogens with one attached hydrogen (secondary N) is 3. The third-order valence-electron chi connectivity index (χ3n) is 6.90. The molecule has 0 saturated heterocycles. The van der Waals surface area contributed by atoms with Crippen LogP contribution in [0, 0.1) is 13.7 Å². The van der Waals surface area contributed by atoms with Gasteiger partial charge in [0, 0.05) is 27.0 Å². The first kappa shape index (κ1) is 35.7. The zero-order valence-electron chi connectivity index (χ0n) is 26.4. The topological polar surface area (TPSA) is 192 Å². The standard InChI is InChI=1S/C32H34IN5O10/c1-5-46-25-13-20(29-28(31(40)45-4)18(2)35-32(41)36-29)8-11-24(25)47-17-27(39)37-34-15-21-12-22(33)14-26(44-3)30(21)48-16-19-6-9-23(10-7-19)38(42)43/h6-15,27,29,37,39H,5,16-17H2,1-4H3,(H2,35,36,41)/b34-15+/t27-,29-/m1/s1. The van der Waals surface area contributed by atoms with Crippen molar-refractivity contribution in [2.24, 2.45) is 5.10 Å². The second-order valence-electron chi connectivity index (χ2n) is 10.2. The Kier molecular flexibility index (Phi) is 12.4.